The van der Waals surface area contributed by atoms with Gasteiger partial charge in [0, 0.05) is 7.11 Å². The number of amides is 4. The van der Waals surface area contributed by atoms with Crippen molar-refractivity contribution in [3.8, 4) is 0 Å². The van der Waals surface area contributed by atoms with Gasteiger partial charge in [0.15, 0.2) is 0 Å². The Morgan fingerprint density at radius 2 is 2.31 bits per heavy atom. The molecule has 0 aromatic heterocycles. The summed E-state index contributed by atoms with van der Waals surface area (Å²) in [6.45, 7) is -0.363. The molecular weight excluding hydrogens is 180 g/mol. The third kappa shape index (κ3) is 1.65. The van der Waals surface area contributed by atoms with Crippen LogP contribution in [0.15, 0.2) is 0 Å². The molecule has 0 aromatic rings. The first kappa shape index (κ1) is 9.62. The molecule has 4 amide bonds. The Bertz CT molecular complexity index is 264. The molecule has 1 rings (SSSR count). The third-order valence-electron chi connectivity index (χ3n) is 1.46. The molecule has 0 aromatic carbocycles. The molecule has 1 aliphatic rings. The summed E-state index contributed by atoms with van der Waals surface area (Å²) in [7, 11) is 1.26. The van der Waals surface area contributed by atoms with E-state index in [2.05, 4.69) is 4.74 Å². The predicted octanol–water partition coefficient (Wildman–Crippen LogP) is -1.97. The zero-order valence-corrected chi connectivity index (χ0v) is 6.81. The van der Waals surface area contributed by atoms with E-state index in [1.165, 1.54) is 7.11 Å². The molecule has 72 valence electrons. The lowest BCUT2D eigenvalue weighted by molar-refractivity contribution is -0.144. The molecule has 0 bridgehead atoms. The molecule has 1 heterocycles. The molecule has 13 heavy (non-hydrogen) atoms. The van der Waals surface area contributed by atoms with E-state index in [1.54, 1.807) is 5.32 Å². The summed E-state index contributed by atoms with van der Waals surface area (Å²) in [5.41, 5.74) is 0. The molecule has 1 saturated heterocycles. The van der Waals surface area contributed by atoms with Gasteiger partial charge >= 0.3 is 6.03 Å². The van der Waals surface area contributed by atoms with Crippen molar-refractivity contribution in [1.82, 2.24) is 10.2 Å². The van der Waals surface area contributed by atoms with Gasteiger partial charge in [-0.05, 0) is 0 Å². The molecule has 1 aliphatic heterocycles. The highest BCUT2D eigenvalue weighted by atomic mass is 16.5. The number of carbonyl (C=O) groups is 3. The molecule has 7 nitrogen and oxygen atoms in total. The SMILES string of the molecule is COCC(=O)N1C(=O)NC(=O)C1O. The number of imide groups is 2. The van der Waals surface area contributed by atoms with E-state index in [1.807, 2.05) is 0 Å². The summed E-state index contributed by atoms with van der Waals surface area (Å²) in [5.74, 6) is -1.67. The Morgan fingerprint density at radius 3 is 2.69 bits per heavy atom. The average Bonchev–Trinajstić information content (AvgIpc) is 2.27. The minimum Gasteiger partial charge on any atom is -0.375 e. The van der Waals surface area contributed by atoms with Gasteiger partial charge in [-0.2, -0.15) is 0 Å². The van der Waals surface area contributed by atoms with E-state index in [0.717, 1.165) is 0 Å². The van der Waals surface area contributed by atoms with Crippen LogP contribution in [0.3, 0.4) is 0 Å². The van der Waals surface area contributed by atoms with E-state index in [4.69, 9.17) is 5.11 Å². The van der Waals surface area contributed by atoms with Crippen molar-refractivity contribution in [2.75, 3.05) is 13.7 Å². The van der Waals surface area contributed by atoms with Crippen LogP contribution in [-0.2, 0) is 14.3 Å². The summed E-state index contributed by atoms with van der Waals surface area (Å²) >= 11 is 0. The predicted molar refractivity (Wildman–Crippen MR) is 38.3 cm³/mol. The standard InChI is InChI=1S/C6H8N2O5/c1-13-2-3(9)8-5(11)4(10)7-6(8)12/h5,11H,2H2,1H3,(H,7,10,12). The lowest BCUT2D eigenvalue weighted by Gasteiger charge is -2.13. The first-order chi connectivity index (χ1) is 6.07. The Labute approximate surface area is 73.3 Å². The van der Waals surface area contributed by atoms with Crippen LogP contribution in [0.1, 0.15) is 0 Å². The van der Waals surface area contributed by atoms with Crippen molar-refractivity contribution in [1.29, 1.82) is 0 Å². The number of urea groups is 1. The van der Waals surface area contributed by atoms with E-state index < -0.39 is 24.1 Å². The molecule has 1 fully saturated rings. The van der Waals surface area contributed by atoms with Gasteiger partial charge in [0.05, 0.1) is 0 Å². The molecule has 1 unspecified atom stereocenters. The molecule has 2 N–H and O–H groups in total. The number of hydrogen-bond acceptors (Lipinski definition) is 5. The quantitative estimate of drug-likeness (QED) is 0.490. The van der Waals surface area contributed by atoms with Crippen LogP contribution < -0.4 is 5.32 Å². The topological polar surface area (TPSA) is 95.9 Å². The van der Waals surface area contributed by atoms with Crippen LogP contribution in [0.4, 0.5) is 4.79 Å². The fourth-order valence-electron chi connectivity index (χ4n) is 0.901. The second kappa shape index (κ2) is 3.50. The van der Waals surface area contributed by atoms with Crippen molar-refractivity contribution in [2.24, 2.45) is 0 Å². The van der Waals surface area contributed by atoms with Crippen LogP contribution in [0.25, 0.3) is 0 Å². The Morgan fingerprint density at radius 1 is 1.69 bits per heavy atom. The van der Waals surface area contributed by atoms with Gasteiger partial charge in [0.1, 0.15) is 6.61 Å². The van der Waals surface area contributed by atoms with Crippen molar-refractivity contribution >= 4 is 17.8 Å². The maximum Gasteiger partial charge on any atom is 0.333 e. The summed E-state index contributed by atoms with van der Waals surface area (Å²) in [4.78, 5) is 33.0. The maximum atomic E-state index is 11.0. The van der Waals surface area contributed by atoms with Gasteiger partial charge in [-0.1, -0.05) is 0 Å². The van der Waals surface area contributed by atoms with Crippen LogP contribution in [-0.4, -0.2) is 47.8 Å². The summed E-state index contributed by atoms with van der Waals surface area (Å²) in [6.07, 6.45) is -1.74. The molecule has 0 aliphatic carbocycles. The van der Waals surface area contributed by atoms with Gasteiger partial charge < -0.3 is 9.84 Å². The number of carbonyl (C=O) groups excluding carboxylic acids is 3. The van der Waals surface area contributed by atoms with Crippen molar-refractivity contribution in [2.45, 2.75) is 6.23 Å². The monoisotopic (exact) mass is 188 g/mol. The smallest absolute Gasteiger partial charge is 0.333 e. The number of rotatable bonds is 2. The third-order valence-corrected chi connectivity index (χ3v) is 1.46. The van der Waals surface area contributed by atoms with Crippen molar-refractivity contribution in [3.63, 3.8) is 0 Å². The van der Waals surface area contributed by atoms with Gasteiger partial charge in [0.2, 0.25) is 6.23 Å². The minimum atomic E-state index is -1.74. The molecular formula is C6H8N2O5. The highest BCUT2D eigenvalue weighted by Gasteiger charge is 2.40. The fraction of sp³-hybridized carbons (Fsp3) is 0.500. The van der Waals surface area contributed by atoms with Crippen LogP contribution in [0.5, 0.6) is 0 Å². The van der Waals surface area contributed by atoms with E-state index in [0.29, 0.717) is 4.90 Å². The zero-order valence-electron chi connectivity index (χ0n) is 6.81. The van der Waals surface area contributed by atoms with E-state index in [9.17, 15) is 14.4 Å². The number of aliphatic hydroxyl groups is 1. The van der Waals surface area contributed by atoms with Gasteiger partial charge in [0.25, 0.3) is 11.8 Å². The second-order valence-corrected chi connectivity index (χ2v) is 2.36. The molecule has 0 radical (unpaired) electrons. The molecule has 7 heteroatoms. The van der Waals surface area contributed by atoms with Gasteiger partial charge in [-0.25, -0.2) is 9.69 Å². The summed E-state index contributed by atoms with van der Waals surface area (Å²) in [6, 6.07) is -0.931. The Kier molecular flexibility index (Phi) is 2.59. The Balaban J connectivity index is 2.74. The van der Waals surface area contributed by atoms with Crippen molar-refractivity contribution in [3.05, 3.63) is 0 Å². The van der Waals surface area contributed by atoms with Crippen molar-refractivity contribution < 1.29 is 24.2 Å². The number of nitrogens with one attached hydrogen (secondary N) is 1. The first-order valence-corrected chi connectivity index (χ1v) is 3.42. The number of hydrogen-bond donors (Lipinski definition) is 2. The maximum absolute atomic E-state index is 11.0. The van der Waals surface area contributed by atoms with Crippen LogP contribution in [0.2, 0.25) is 0 Å². The number of ether oxygens (including phenoxy) is 1. The lowest BCUT2D eigenvalue weighted by atomic mass is 10.5. The normalized spacial score (nSPS) is 22.0. The van der Waals surface area contributed by atoms with Gasteiger partial charge in [-0.15, -0.1) is 0 Å². The lowest BCUT2D eigenvalue weighted by Crippen LogP contribution is -2.42. The molecule has 0 spiro atoms. The highest BCUT2D eigenvalue weighted by Crippen LogP contribution is 2.05. The molecule has 0 saturated carbocycles. The molecule has 1 atom stereocenters. The largest absolute Gasteiger partial charge is 0.375 e. The summed E-state index contributed by atoms with van der Waals surface area (Å²) in [5, 5.41) is 10.8. The van der Waals surface area contributed by atoms with Crippen LogP contribution in [0, 0.1) is 0 Å². The van der Waals surface area contributed by atoms with Gasteiger partial charge in [-0.3, -0.25) is 14.9 Å². The fourth-order valence-corrected chi connectivity index (χ4v) is 0.901. The first-order valence-electron chi connectivity index (χ1n) is 3.42. The summed E-state index contributed by atoms with van der Waals surface area (Å²) < 4.78 is 4.45. The highest BCUT2D eigenvalue weighted by molar-refractivity contribution is 6.11. The van der Waals surface area contributed by atoms with Crippen LogP contribution >= 0.6 is 0 Å². The van der Waals surface area contributed by atoms with E-state index in [-0.39, 0.29) is 6.61 Å². The number of nitrogens with zero attached hydrogens (tertiary/aromatic N) is 1. The Hall–Kier alpha value is -1.47. The zero-order chi connectivity index (χ0) is 10.0. The number of methoxy groups -OCH3 is 1. The minimum absolute atomic E-state index is 0.363. The average molecular weight is 188 g/mol. The second-order valence-electron chi connectivity index (χ2n) is 2.36. The van der Waals surface area contributed by atoms with E-state index >= 15 is 0 Å². The number of aliphatic hydroxyl groups excluding tert-OH is 1.